The Morgan fingerprint density at radius 3 is 2.62 bits per heavy atom. The number of carboxylic acids is 1. The lowest BCUT2D eigenvalue weighted by atomic mass is 10.0. The van der Waals surface area contributed by atoms with Gasteiger partial charge in [-0.1, -0.05) is 13.8 Å². The molecule has 1 fully saturated rings. The van der Waals surface area contributed by atoms with Crippen molar-refractivity contribution in [3.05, 3.63) is 23.8 Å². The average molecular weight is 293 g/mol. The topological polar surface area (TPSA) is 92.6 Å². The van der Waals surface area contributed by atoms with Gasteiger partial charge in [-0.25, -0.2) is 14.8 Å². The second-order valence-electron chi connectivity index (χ2n) is 5.45. The van der Waals surface area contributed by atoms with E-state index in [1.54, 1.807) is 4.90 Å². The van der Waals surface area contributed by atoms with E-state index in [1.165, 1.54) is 6.20 Å². The second-order valence-corrected chi connectivity index (χ2v) is 5.45. The van der Waals surface area contributed by atoms with Crippen molar-refractivity contribution in [1.82, 2.24) is 14.9 Å². The molecule has 114 valence electrons. The second kappa shape index (κ2) is 6.62. The third-order valence-corrected chi connectivity index (χ3v) is 3.32. The van der Waals surface area contributed by atoms with Gasteiger partial charge >= 0.3 is 5.97 Å². The lowest BCUT2D eigenvalue weighted by Crippen LogP contribution is -2.49. The first kappa shape index (κ1) is 15.4. The molecule has 2 rings (SSSR count). The van der Waals surface area contributed by atoms with Gasteiger partial charge in [-0.05, 0) is 12.3 Å². The number of aromatic carboxylic acids is 1. The van der Waals surface area contributed by atoms with Crippen LogP contribution in [0.15, 0.2) is 12.4 Å². The summed E-state index contributed by atoms with van der Waals surface area (Å²) in [6, 6.07) is 0.0206. The van der Waals surface area contributed by atoms with Crippen LogP contribution in [-0.4, -0.2) is 57.7 Å². The Labute approximate surface area is 123 Å². The van der Waals surface area contributed by atoms with E-state index < -0.39 is 5.97 Å². The maximum absolute atomic E-state index is 12.5. The van der Waals surface area contributed by atoms with Gasteiger partial charge in [0.15, 0.2) is 5.69 Å². The molecular formula is C14H19N3O4. The first-order valence-electron chi connectivity index (χ1n) is 6.93. The summed E-state index contributed by atoms with van der Waals surface area (Å²) >= 11 is 0. The smallest absolute Gasteiger partial charge is 0.356 e. The summed E-state index contributed by atoms with van der Waals surface area (Å²) < 4.78 is 5.44. The minimum absolute atomic E-state index is 0.0206. The molecule has 1 saturated heterocycles. The van der Waals surface area contributed by atoms with Crippen LogP contribution in [0.25, 0.3) is 0 Å². The molecule has 7 heteroatoms. The Morgan fingerprint density at radius 2 is 2.05 bits per heavy atom. The number of rotatable bonds is 4. The van der Waals surface area contributed by atoms with Gasteiger partial charge in [-0.3, -0.25) is 4.79 Å². The fourth-order valence-electron chi connectivity index (χ4n) is 2.36. The van der Waals surface area contributed by atoms with E-state index >= 15 is 0 Å². The third-order valence-electron chi connectivity index (χ3n) is 3.32. The number of carbonyl (C=O) groups excluding carboxylic acids is 1. The standard InChI is InChI=1S/C14H19N3O4/c1-9(2)5-10-8-21-4-3-17(10)13(18)11-6-16-12(7-15-11)14(19)20/h6-7,9-10H,3-5,8H2,1-2H3,(H,19,20). The van der Waals surface area contributed by atoms with E-state index in [2.05, 4.69) is 23.8 Å². The van der Waals surface area contributed by atoms with Gasteiger partial charge in [0.2, 0.25) is 0 Å². The fraction of sp³-hybridized carbons (Fsp3) is 0.571. The predicted octanol–water partition coefficient (Wildman–Crippen LogP) is 1.06. The van der Waals surface area contributed by atoms with Crippen LogP contribution in [0.1, 0.15) is 41.2 Å². The summed E-state index contributed by atoms with van der Waals surface area (Å²) in [5, 5.41) is 8.79. The van der Waals surface area contributed by atoms with Crippen LogP contribution in [-0.2, 0) is 4.74 Å². The van der Waals surface area contributed by atoms with Crippen molar-refractivity contribution in [2.45, 2.75) is 26.3 Å². The number of ether oxygens (including phenoxy) is 1. The molecule has 1 aliphatic heterocycles. The zero-order valence-corrected chi connectivity index (χ0v) is 12.2. The van der Waals surface area contributed by atoms with E-state index in [0.717, 1.165) is 12.6 Å². The van der Waals surface area contributed by atoms with E-state index in [-0.39, 0.29) is 23.3 Å². The monoisotopic (exact) mass is 293 g/mol. The van der Waals surface area contributed by atoms with Crippen molar-refractivity contribution >= 4 is 11.9 Å². The Morgan fingerprint density at radius 1 is 1.38 bits per heavy atom. The van der Waals surface area contributed by atoms with Gasteiger partial charge in [0.05, 0.1) is 31.6 Å². The van der Waals surface area contributed by atoms with Crippen LogP contribution in [0.4, 0.5) is 0 Å². The number of carboxylic acid groups (broad SMARTS) is 1. The molecule has 0 spiro atoms. The van der Waals surface area contributed by atoms with Gasteiger partial charge in [0.1, 0.15) is 5.69 Å². The summed E-state index contributed by atoms with van der Waals surface area (Å²) in [7, 11) is 0. The number of amides is 1. The Balaban J connectivity index is 2.14. The van der Waals surface area contributed by atoms with Gasteiger partial charge in [-0.15, -0.1) is 0 Å². The Bertz CT molecular complexity index is 515. The number of carbonyl (C=O) groups is 2. The summed E-state index contributed by atoms with van der Waals surface area (Å²) in [5.74, 6) is -0.939. The van der Waals surface area contributed by atoms with Gasteiger partial charge in [-0.2, -0.15) is 0 Å². The zero-order valence-electron chi connectivity index (χ0n) is 12.2. The highest BCUT2D eigenvalue weighted by atomic mass is 16.5. The number of hydrogen-bond acceptors (Lipinski definition) is 5. The maximum atomic E-state index is 12.5. The minimum atomic E-state index is -1.16. The van der Waals surface area contributed by atoms with Crippen LogP contribution in [0, 0.1) is 5.92 Å². The molecule has 1 aliphatic rings. The van der Waals surface area contributed by atoms with Gasteiger partial charge < -0.3 is 14.7 Å². The zero-order chi connectivity index (χ0) is 15.4. The predicted molar refractivity (Wildman–Crippen MR) is 74.1 cm³/mol. The third kappa shape index (κ3) is 3.75. The van der Waals surface area contributed by atoms with Crippen molar-refractivity contribution in [3.8, 4) is 0 Å². The highest BCUT2D eigenvalue weighted by Crippen LogP contribution is 2.17. The molecule has 1 aromatic heterocycles. The Kier molecular flexibility index (Phi) is 4.85. The lowest BCUT2D eigenvalue weighted by Gasteiger charge is -2.36. The molecule has 0 aromatic carbocycles. The summed E-state index contributed by atoms with van der Waals surface area (Å²) in [6.45, 7) is 5.72. The van der Waals surface area contributed by atoms with Crippen molar-refractivity contribution in [2.75, 3.05) is 19.8 Å². The highest BCUT2D eigenvalue weighted by Gasteiger charge is 2.29. The number of hydrogen-bond donors (Lipinski definition) is 1. The largest absolute Gasteiger partial charge is 0.476 e. The lowest BCUT2D eigenvalue weighted by molar-refractivity contribution is -0.00779. The van der Waals surface area contributed by atoms with E-state index in [9.17, 15) is 9.59 Å². The van der Waals surface area contributed by atoms with E-state index in [4.69, 9.17) is 9.84 Å². The van der Waals surface area contributed by atoms with Crippen LogP contribution in [0.3, 0.4) is 0 Å². The molecule has 1 N–H and O–H groups in total. The van der Waals surface area contributed by atoms with Crippen LogP contribution >= 0.6 is 0 Å². The highest BCUT2D eigenvalue weighted by molar-refractivity contribution is 5.93. The molecule has 1 unspecified atom stereocenters. The maximum Gasteiger partial charge on any atom is 0.356 e. The summed E-state index contributed by atoms with van der Waals surface area (Å²) in [6.07, 6.45) is 3.17. The normalized spacial score (nSPS) is 18.8. The van der Waals surface area contributed by atoms with Crippen molar-refractivity contribution in [1.29, 1.82) is 0 Å². The molecule has 1 aromatic rings. The van der Waals surface area contributed by atoms with Gasteiger partial charge in [0.25, 0.3) is 5.91 Å². The number of aromatic nitrogens is 2. The van der Waals surface area contributed by atoms with Gasteiger partial charge in [0, 0.05) is 6.54 Å². The minimum Gasteiger partial charge on any atom is -0.476 e. The van der Waals surface area contributed by atoms with Crippen LogP contribution < -0.4 is 0 Å². The molecular weight excluding hydrogens is 274 g/mol. The molecule has 0 aliphatic carbocycles. The SMILES string of the molecule is CC(C)CC1COCCN1C(=O)c1cnc(C(=O)O)cn1. The van der Waals surface area contributed by atoms with E-state index in [0.29, 0.717) is 25.7 Å². The summed E-state index contributed by atoms with van der Waals surface area (Å²) in [4.78, 5) is 32.6. The van der Waals surface area contributed by atoms with Crippen molar-refractivity contribution < 1.29 is 19.4 Å². The first-order valence-corrected chi connectivity index (χ1v) is 6.93. The quantitative estimate of drug-likeness (QED) is 0.892. The van der Waals surface area contributed by atoms with E-state index in [1.807, 2.05) is 0 Å². The number of morpholine rings is 1. The molecule has 2 heterocycles. The van der Waals surface area contributed by atoms with Crippen LogP contribution in [0.2, 0.25) is 0 Å². The molecule has 21 heavy (non-hydrogen) atoms. The fourth-order valence-corrected chi connectivity index (χ4v) is 2.36. The first-order chi connectivity index (χ1) is 9.99. The molecule has 0 saturated carbocycles. The Hall–Kier alpha value is -2.02. The molecule has 0 bridgehead atoms. The van der Waals surface area contributed by atoms with Crippen molar-refractivity contribution in [2.24, 2.45) is 5.92 Å². The molecule has 1 amide bonds. The van der Waals surface area contributed by atoms with Crippen molar-refractivity contribution in [3.63, 3.8) is 0 Å². The summed E-state index contributed by atoms with van der Waals surface area (Å²) in [5.41, 5.74) is -0.0112. The molecule has 0 radical (unpaired) electrons. The molecule has 1 atom stereocenters. The average Bonchev–Trinajstić information content (AvgIpc) is 2.46. The molecule has 7 nitrogen and oxygen atoms in total. The number of nitrogens with zero attached hydrogens (tertiary/aromatic N) is 3. The van der Waals surface area contributed by atoms with Crippen LogP contribution in [0.5, 0.6) is 0 Å².